The Kier molecular flexibility index (Phi) is 6.27. The minimum Gasteiger partial charge on any atom is -0.310 e. The minimum atomic E-state index is 1.13. The fourth-order valence-electron chi connectivity index (χ4n) is 6.71. The first kappa shape index (κ1) is 26.1. The molecule has 0 aliphatic carbocycles. The molecule has 8 aromatic carbocycles. The SMILES string of the molecule is Cc1cccc(N(c2ccccc2)c2cc(N(c3ccccc3)c3cccc(C)c3)c3ccc4cccc5ccc2c3c54)c1. The number of nitrogens with zero attached hydrogens (tertiary/aromatic N) is 2. The van der Waals surface area contributed by atoms with Gasteiger partial charge >= 0.3 is 0 Å². The molecule has 0 saturated carbocycles. The third kappa shape index (κ3) is 4.35. The molecule has 210 valence electrons. The van der Waals surface area contributed by atoms with E-state index in [0.717, 1.165) is 34.1 Å². The lowest BCUT2D eigenvalue weighted by molar-refractivity contribution is 1.26. The summed E-state index contributed by atoms with van der Waals surface area (Å²) in [7, 11) is 0. The second-order valence-corrected chi connectivity index (χ2v) is 11.6. The Hall–Kier alpha value is -5.60. The van der Waals surface area contributed by atoms with E-state index in [1.165, 1.54) is 43.4 Å². The third-order valence-electron chi connectivity index (χ3n) is 8.63. The molecule has 0 unspecified atom stereocenters. The van der Waals surface area contributed by atoms with Gasteiger partial charge in [0.25, 0.3) is 0 Å². The summed E-state index contributed by atoms with van der Waals surface area (Å²) < 4.78 is 0. The summed E-state index contributed by atoms with van der Waals surface area (Å²) in [6.07, 6.45) is 0. The van der Waals surface area contributed by atoms with E-state index in [-0.39, 0.29) is 0 Å². The standard InChI is InChI=1S/C42H32N2/c1-29-12-9-20-35(26-29)43(33-16-5-3-6-17-33)39-28-40(44(34-18-7-4-8-19-34)36-21-10-13-30(2)27-36)38-25-23-32-15-11-14-31-22-24-37(39)42(38)41(31)32/h3-28H,1-2H3. The van der Waals surface area contributed by atoms with Crippen molar-refractivity contribution >= 4 is 66.4 Å². The average molecular weight is 565 g/mol. The molecule has 0 aliphatic rings. The zero-order chi connectivity index (χ0) is 29.6. The van der Waals surface area contributed by atoms with Gasteiger partial charge in [0.05, 0.1) is 11.4 Å². The molecular weight excluding hydrogens is 532 g/mol. The molecule has 0 aromatic heterocycles. The van der Waals surface area contributed by atoms with Crippen LogP contribution in [0.2, 0.25) is 0 Å². The minimum absolute atomic E-state index is 1.13. The van der Waals surface area contributed by atoms with Gasteiger partial charge in [-0.05, 0) is 95.7 Å². The van der Waals surface area contributed by atoms with Crippen molar-refractivity contribution in [2.24, 2.45) is 0 Å². The predicted octanol–water partition coefficient (Wildman–Crippen LogP) is 12.1. The molecule has 0 bridgehead atoms. The predicted molar refractivity (Wildman–Crippen MR) is 189 cm³/mol. The highest BCUT2D eigenvalue weighted by molar-refractivity contribution is 6.28. The van der Waals surface area contributed by atoms with Crippen LogP contribution in [0.5, 0.6) is 0 Å². The fraction of sp³-hybridized carbons (Fsp3) is 0.0476. The van der Waals surface area contributed by atoms with Crippen molar-refractivity contribution in [3.8, 4) is 0 Å². The second-order valence-electron chi connectivity index (χ2n) is 11.6. The van der Waals surface area contributed by atoms with E-state index >= 15 is 0 Å². The van der Waals surface area contributed by atoms with Gasteiger partial charge in [0.2, 0.25) is 0 Å². The van der Waals surface area contributed by atoms with E-state index in [9.17, 15) is 0 Å². The van der Waals surface area contributed by atoms with E-state index in [1.54, 1.807) is 0 Å². The molecule has 0 saturated heterocycles. The zero-order valence-corrected chi connectivity index (χ0v) is 24.9. The molecular formula is C42H32N2. The summed E-state index contributed by atoms with van der Waals surface area (Å²) in [4.78, 5) is 4.84. The Bertz CT molecular complexity index is 2100. The maximum Gasteiger partial charge on any atom is 0.0561 e. The largest absolute Gasteiger partial charge is 0.310 e. The van der Waals surface area contributed by atoms with Gasteiger partial charge < -0.3 is 9.80 Å². The van der Waals surface area contributed by atoms with Crippen LogP contribution in [0.25, 0.3) is 32.3 Å². The van der Waals surface area contributed by atoms with Crippen molar-refractivity contribution in [2.75, 3.05) is 9.80 Å². The van der Waals surface area contributed by atoms with Gasteiger partial charge in [-0.3, -0.25) is 0 Å². The summed E-state index contributed by atoms with van der Waals surface area (Å²) in [5.74, 6) is 0. The molecule has 8 rings (SSSR count). The number of rotatable bonds is 6. The van der Waals surface area contributed by atoms with Gasteiger partial charge in [-0.1, -0.05) is 103 Å². The van der Waals surface area contributed by atoms with E-state index in [4.69, 9.17) is 0 Å². The van der Waals surface area contributed by atoms with Gasteiger partial charge in [0.15, 0.2) is 0 Å². The summed E-state index contributed by atoms with van der Waals surface area (Å²) in [6, 6.07) is 57.3. The Morgan fingerprint density at radius 1 is 0.341 bits per heavy atom. The molecule has 0 N–H and O–H groups in total. The van der Waals surface area contributed by atoms with Crippen LogP contribution in [0.15, 0.2) is 158 Å². The molecule has 0 spiro atoms. The first-order valence-corrected chi connectivity index (χ1v) is 15.2. The van der Waals surface area contributed by atoms with Gasteiger partial charge in [-0.2, -0.15) is 0 Å². The van der Waals surface area contributed by atoms with Crippen LogP contribution >= 0.6 is 0 Å². The van der Waals surface area contributed by atoms with Crippen molar-refractivity contribution in [1.29, 1.82) is 0 Å². The van der Waals surface area contributed by atoms with Crippen LogP contribution in [0, 0.1) is 13.8 Å². The highest BCUT2D eigenvalue weighted by Gasteiger charge is 2.24. The Morgan fingerprint density at radius 3 is 1.23 bits per heavy atom. The quantitative estimate of drug-likeness (QED) is 0.185. The van der Waals surface area contributed by atoms with E-state index in [2.05, 4.69) is 181 Å². The molecule has 8 aromatic rings. The molecule has 44 heavy (non-hydrogen) atoms. The Labute approximate surface area is 258 Å². The summed E-state index contributed by atoms with van der Waals surface area (Å²) in [6.45, 7) is 4.33. The van der Waals surface area contributed by atoms with Crippen LogP contribution in [-0.4, -0.2) is 0 Å². The summed E-state index contributed by atoms with van der Waals surface area (Å²) in [5, 5.41) is 7.57. The molecule has 0 amide bonds. The molecule has 0 atom stereocenters. The van der Waals surface area contributed by atoms with E-state index in [0.29, 0.717) is 0 Å². The lowest BCUT2D eigenvalue weighted by Gasteiger charge is -2.32. The van der Waals surface area contributed by atoms with Crippen molar-refractivity contribution in [3.63, 3.8) is 0 Å². The third-order valence-corrected chi connectivity index (χ3v) is 8.63. The smallest absolute Gasteiger partial charge is 0.0561 e. The lowest BCUT2D eigenvalue weighted by Crippen LogP contribution is -2.14. The zero-order valence-electron chi connectivity index (χ0n) is 24.9. The summed E-state index contributed by atoms with van der Waals surface area (Å²) in [5.41, 5.74) is 9.28. The molecule has 0 fully saturated rings. The summed E-state index contributed by atoms with van der Waals surface area (Å²) >= 11 is 0. The number of anilines is 6. The number of hydrogen-bond acceptors (Lipinski definition) is 2. The molecule has 0 radical (unpaired) electrons. The highest BCUT2D eigenvalue weighted by Crippen LogP contribution is 2.50. The number of benzene rings is 8. The van der Waals surface area contributed by atoms with Crippen LogP contribution in [0.3, 0.4) is 0 Å². The van der Waals surface area contributed by atoms with Crippen LogP contribution in [0.4, 0.5) is 34.1 Å². The van der Waals surface area contributed by atoms with Crippen molar-refractivity contribution in [3.05, 3.63) is 169 Å². The number of para-hydroxylation sites is 2. The first-order valence-electron chi connectivity index (χ1n) is 15.2. The molecule has 0 heterocycles. The lowest BCUT2D eigenvalue weighted by atomic mass is 9.91. The maximum atomic E-state index is 2.42. The van der Waals surface area contributed by atoms with E-state index in [1.807, 2.05) is 0 Å². The van der Waals surface area contributed by atoms with Crippen LogP contribution in [0.1, 0.15) is 11.1 Å². The Balaban J connectivity index is 1.54. The average Bonchev–Trinajstić information content (AvgIpc) is 3.06. The van der Waals surface area contributed by atoms with Crippen molar-refractivity contribution in [2.45, 2.75) is 13.8 Å². The second kappa shape index (κ2) is 10.6. The highest BCUT2D eigenvalue weighted by atomic mass is 15.2. The first-order chi connectivity index (χ1) is 21.7. The molecule has 2 heteroatoms. The van der Waals surface area contributed by atoms with Crippen LogP contribution in [-0.2, 0) is 0 Å². The maximum absolute atomic E-state index is 2.42. The normalized spacial score (nSPS) is 11.4. The van der Waals surface area contributed by atoms with E-state index < -0.39 is 0 Å². The molecule has 0 aliphatic heterocycles. The topological polar surface area (TPSA) is 6.48 Å². The van der Waals surface area contributed by atoms with Gasteiger partial charge in [0, 0.05) is 38.9 Å². The number of hydrogen-bond donors (Lipinski definition) is 0. The van der Waals surface area contributed by atoms with Gasteiger partial charge in [-0.15, -0.1) is 0 Å². The van der Waals surface area contributed by atoms with Gasteiger partial charge in [-0.25, -0.2) is 0 Å². The van der Waals surface area contributed by atoms with Crippen molar-refractivity contribution in [1.82, 2.24) is 0 Å². The fourth-order valence-corrected chi connectivity index (χ4v) is 6.71. The number of aryl methyl sites for hydroxylation is 2. The van der Waals surface area contributed by atoms with Crippen LogP contribution < -0.4 is 9.80 Å². The Morgan fingerprint density at radius 2 is 0.773 bits per heavy atom. The van der Waals surface area contributed by atoms with Gasteiger partial charge in [0.1, 0.15) is 0 Å². The van der Waals surface area contributed by atoms with Crippen molar-refractivity contribution < 1.29 is 0 Å². The molecule has 2 nitrogen and oxygen atoms in total. The monoisotopic (exact) mass is 564 g/mol.